The van der Waals surface area contributed by atoms with Crippen LogP contribution in [0.2, 0.25) is 0 Å². The smallest absolute Gasteiger partial charge is 0.223 e. The van der Waals surface area contributed by atoms with Gasteiger partial charge in [0.05, 0.1) is 6.54 Å². The molecule has 0 saturated heterocycles. The SMILES string of the molecule is CCNC(=NCc1noc(C)n1)N(C)Cc1sccc1C. The summed E-state index contributed by atoms with van der Waals surface area (Å²) in [5.74, 6) is 2.00. The average molecular weight is 307 g/mol. The molecular formula is C14H21N5OS. The minimum Gasteiger partial charge on any atom is -0.357 e. The molecule has 0 atom stereocenters. The molecule has 0 unspecified atom stereocenters. The van der Waals surface area contributed by atoms with E-state index in [1.807, 2.05) is 7.05 Å². The van der Waals surface area contributed by atoms with Crippen molar-refractivity contribution in [3.8, 4) is 0 Å². The lowest BCUT2D eigenvalue weighted by Crippen LogP contribution is -2.38. The van der Waals surface area contributed by atoms with Crippen LogP contribution in [-0.2, 0) is 13.1 Å². The van der Waals surface area contributed by atoms with Crippen molar-refractivity contribution in [3.05, 3.63) is 33.6 Å². The van der Waals surface area contributed by atoms with E-state index >= 15 is 0 Å². The molecule has 7 heteroatoms. The fraction of sp³-hybridized carbons (Fsp3) is 0.500. The fourth-order valence-corrected chi connectivity index (χ4v) is 2.84. The molecule has 21 heavy (non-hydrogen) atoms. The zero-order valence-corrected chi connectivity index (χ0v) is 13.7. The summed E-state index contributed by atoms with van der Waals surface area (Å²) in [7, 11) is 2.03. The molecule has 0 bridgehead atoms. The van der Waals surface area contributed by atoms with Crippen LogP contribution >= 0.6 is 11.3 Å². The van der Waals surface area contributed by atoms with Crippen molar-refractivity contribution >= 4 is 17.3 Å². The number of hydrogen-bond donors (Lipinski definition) is 1. The highest BCUT2D eigenvalue weighted by atomic mass is 32.1. The standard InChI is InChI=1S/C14H21N5OS/c1-5-15-14(16-8-13-17-11(3)20-18-13)19(4)9-12-10(2)6-7-21-12/h6-7H,5,8-9H2,1-4H3,(H,15,16). The number of aliphatic imine (C=N–C) groups is 1. The van der Waals surface area contributed by atoms with Crippen LogP contribution in [0.1, 0.15) is 29.1 Å². The predicted molar refractivity (Wildman–Crippen MR) is 84.4 cm³/mol. The number of thiophene rings is 1. The number of hydrogen-bond acceptors (Lipinski definition) is 5. The number of guanidine groups is 1. The second kappa shape index (κ2) is 7.21. The Morgan fingerprint density at radius 3 is 2.86 bits per heavy atom. The van der Waals surface area contributed by atoms with E-state index in [-0.39, 0.29) is 0 Å². The molecule has 6 nitrogen and oxygen atoms in total. The molecule has 2 rings (SSSR count). The van der Waals surface area contributed by atoms with Gasteiger partial charge in [-0.3, -0.25) is 0 Å². The van der Waals surface area contributed by atoms with Gasteiger partial charge in [0.2, 0.25) is 5.89 Å². The maximum atomic E-state index is 4.96. The molecule has 1 N–H and O–H groups in total. The van der Waals surface area contributed by atoms with E-state index in [9.17, 15) is 0 Å². The molecule has 0 spiro atoms. The maximum absolute atomic E-state index is 4.96. The number of rotatable bonds is 5. The Morgan fingerprint density at radius 2 is 2.29 bits per heavy atom. The third kappa shape index (κ3) is 4.29. The third-order valence-electron chi connectivity index (χ3n) is 2.99. The van der Waals surface area contributed by atoms with E-state index in [4.69, 9.17) is 4.52 Å². The number of nitrogens with zero attached hydrogens (tertiary/aromatic N) is 4. The molecule has 0 amide bonds. The van der Waals surface area contributed by atoms with Crippen molar-refractivity contribution in [2.75, 3.05) is 13.6 Å². The lowest BCUT2D eigenvalue weighted by atomic mass is 10.3. The average Bonchev–Trinajstić information content (AvgIpc) is 3.04. The van der Waals surface area contributed by atoms with Gasteiger partial charge >= 0.3 is 0 Å². The van der Waals surface area contributed by atoms with Crippen molar-refractivity contribution in [2.45, 2.75) is 33.9 Å². The van der Waals surface area contributed by atoms with Gasteiger partial charge in [-0.25, -0.2) is 4.99 Å². The minimum absolute atomic E-state index is 0.410. The zero-order chi connectivity index (χ0) is 15.2. The molecule has 0 saturated carbocycles. The van der Waals surface area contributed by atoms with E-state index in [1.54, 1.807) is 18.3 Å². The fourth-order valence-electron chi connectivity index (χ4n) is 1.88. The Morgan fingerprint density at radius 1 is 1.48 bits per heavy atom. The quantitative estimate of drug-likeness (QED) is 0.678. The molecule has 0 aliphatic carbocycles. The van der Waals surface area contributed by atoms with Gasteiger partial charge < -0.3 is 14.7 Å². The Labute approximate surface area is 128 Å². The summed E-state index contributed by atoms with van der Waals surface area (Å²) >= 11 is 1.77. The summed E-state index contributed by atoms with van der Waals surface area (Å²) in [5.41, 5.74) is 1.32. The topological polar surface area (TPSA) is 66.5 Å². The lowest BCUT2D eigenvalue weighted by molar-refractivity contribution is 0.387. The van der Waals surface area contributed by atoms with Crippen molar-refractivity contribution < 1.29 is 4.52 Å². The van der Waals surface area contributed by atoms with Gasteiger partial charge in [0, 0.05) is 25.4 Å². The summed E-state index contributed by atoms with van der Waals surface area (Å²) in [6.45, 7) is 8.02. The third-order valence-corrected chi connectivity index (χ3v) is 3.99. The summed E-state index contributed by atoms with van der Waals surface area (Å²) < 4.78 is 4.96. The van der Waals surface area contributed by atoms with Gasteiger partial charge in [0.15, 0.2) is 11.8 Å². The molecule has 0 radical (unpaired) electrons. The van der Waals surface area contributed by atoms with Gasteiger partial charge in [-0.05, 0) is 30.9 Å². The van der Waals surface area contributed by atoms with Crippen LogP contribution < -0.4 is 5.32 Å². The first-order valence-electron chi connectivity index (χ1n) is 6.91. The minimum atomic E-state index is 0.410. The van der Waals surface area contributed by atoms with E-state index in [2.05, 4.69) is 50.6 Å². The normalized spacial score (nSPS) is 11.7. The van der Waals surface area contributed by atoms with Crippen molar-refractivity contribution in [3.63, 3.8) is 0 Å². The van der Waals surface area contributed by atoms with Crippen LogP contribution in [0.5, 0.6) is 0 Å². The molecule has 114 valence electrons. The monoisotopic (exact) mass is 307 g/mol. The van der Waals surface area contributed by atoms with Crippen molar-refractivity contribution in [2.24, 2.45) is 4.99 Å². The number of nitrogens with one attached hydrogen (secondary N) is 1. The van der Waals surface area contributed by atoms with Crippen LogP contribution in [0.3, 0.4) is 0 Å². The van der Waals surface area contributed by atoms with Crippen LogP contribution in [0.15, 0.2) is 21.0 Å². The Balaban J connectivity index is 2.04. The molecule has 2 aromatic rings. The van der Waals surface area contributed by atoms with E-state index in [0.717, 1.165) is 19.0 Å². The van der Waals surface area contributed by atoms with Crippen molar-refractivity contribution in [1.29, 1.82) is 0 Å². The van der Waals surface area contributed by atoms with Crippen LogP contribution in [0, 0.1) is 13.8 Å². The largest absolute Gasteiger partial charge is 0.357 e. The highest BCUT2D eigenvalue weighted by molar-refractivity contribution is 7.10. The molecular weight excluding hydrogens is 286 g/mol. The molecule has 2 aromatic heterocycles. The highest BCUT2D eigenvalue weighted by Gasteiger charge is 2.10. The lowest BCUT2D eigenvalue weighted by Gasteiger charge is -2.21. The van der Waals surface area contributed by atoms with Crippen LogP contribution in [0.25, 0.3) is 0 Å². The molecule has 0 fully saturated rings. The first-order valence-corrected chi connectivity index (χ1v) is 7.79. The van der Waals surface area contributed by atoms with Gasteiger partial charge in [-0.2, -0.15) is 4.98 Å². The second-order valence-corrected chi connectivity index (χ2v) is 5.78. The highest BCUT2D eigenvalue weighted by Crippen LogP contribution is 2.17. The summed E-state index contributed by atoms with van der Waals surface area (Å²) in [6.07, 6.45) is 0. The maximum Gasteiger partial charge on any atom is 0.223 e. The second-order valence-electron chi connectivity index (χ2n) is 4.78. The first-order chi connectivity index (χ1) is 10.1. The first kappa shape index (κ1) is 15.5. The van der Waals surface area contributed by atoms with E-state index in [1.165, 1.54) is 10.4 Å². The molecule has 0 aromatic carbocycles. The van der Waals surface area contributed by atoms with E-state index in [0.29, 0.717) is 18.3 Å². The van der Waals surface area contributed by atoms with Gasteiger partial charge in [0.1, 0.15) is 6.54 Å². The Bertz CT molecular complexity index is 604. The number of aromatic nitrogens is 2. The van der Waals surface area contributed by atoms with Crippen LogP contribution in [0.4, 0.5) is 0 Å². The summed E-state index contributed by atoms with van der Waals surface area (Å²) in [6, 6.07) is 2.14. The Kier molecular flexibility index (Phi) is 5.32. The Hall–Kier alpha value is -1.89. The zero-order valence-electron chi connectivity index (χ0n) is 12.9. The van der Waals surface area contributed by atoms with Crippen molar-refractivity contribution in [1.82, 2.24) is 20.4 Å². The van der Waals surface area contributed by atoms with Gasteiger partial charge in [0.25, 0.3) is 0 Å². The summed E-state index contributed by atoms with van der Waals surface area (Å²) in [4.78, 5) is 12.2. The molecule has 0 aliphatic heterocycles. The summed E-state index contributed by atoms with van der Waals surface area (Å²) in [5, 5.41) is 9.26. The van der Waals surface area contributed by atoms with E-state index < -0.39 is 0 Å². The van der Waals surface area contributed by atoms with Crippen LogP contribution in [-0.4, -0.2) is 34.6 Å². The van der Waals surface area contributed by atoms with Gasteiger partial charge in [-0.15, -0.1) is 11.3 Å². The number of aryl methyl sites for hydroxylation is 2. The molecule has 2 heterocycles. The van der Waals surface area contributed by atoms with Gasteiger partial charge in [-0.1, -0.05) is 5.16 Å². The molecule has 0 aliphatic rings. The predicted octanol–water partition coefficient (Wildman–Crippen LogP) is 2.35.